The second-order valence-corrected chi connectivity index (χ2v) is 6.98. The lowest BCUT2D eigenvalue weighted by molar-refractivity contribution is -0.384. The van der Waals surface area contributed by atoms with Gasteiger partial charge in [-0.2, -0.15) is 5.26 Å². The quantitative estimate of drug-likeness (QED) is 0.152. The molecule has 0 amide bonds. The highest BCUT2D eigenvalue weighted by Crippen LogP contribution is 2.28. The van der Waals surface area contributed by atoms with Gasteiger partial charge in [0, 0.05) is 22.2 Å². The molecule has 5 nitrogen and oxygen atoms in total. The number of allylic oxidation sites excluding steroid dienone is 1. The summed E-state index contributed by atoms with van der Waals surface area (Å²) in [5.41, 5.74) is 1.82. The molecule has 6 heteroatoms. The fourth-order valence-electron chi connectivity index (χ4n) is 2.57. The number of halogens is 1. The summed E-state index contributed by atoms with van der Waals surface area (Å²) in [6.45, 7) is 2.79. The van der Waals surface area contributed by atoms with Gasteiger partial charge in [-0.25, -0.2) is 0 Å². The largest absolute Gasteiger partial charge is 0.493 e. The van der Waals surface area contributed by atoms with E-state index in [2.05, 4.69) is 28.9 Å². The molecule has 0 saturated heterocycles. The van der Waals surface area contributed by atoms with Gasteiger partial charge in [0.15, 0.2) is 0 Å². The number of nitriles is 1. The molecule has 0 aliphatic rings. The Balaban J connectivity index is 2.24. The Morgan fingerprint density at radius 2 is 1.96 bits per heavy atom. The molecule has 2 aromatic rings. The van der Waals surface area contributed by atoms with Gasteiger partial charge in [0.1, 0.15) is 5.75 Å². The number of hydrogen-bond acceptors (Lipinski definition) is 4. The van der Waals surface area contributed by atoms with Crippen LogP contribution in [0.15, 0.2) is 46.9 Å². The van der Waals surface area contributed by atoms with E-state index in [1.807, 2.05) is 18.2 Å². The summed E-state index contributed by atoms with van der Waals surface area (Å²) < 4.78 is 6.79. The standard InChI is InChI=1S/C21H21BrN2O3/c1-2-3-4-5-12-27-21-11-8-19(22)14-17(21)13-18(15-23)16-6-9-20(10-7-16)24(25)26/h6-11,13-14H,2-5,12H2,1H3/b18-13+. The van der Waals surface area contributed by atoms with Crippen molar-refractivity contribution in [1.29, 1.82) is 5.26 Å². The molecule has 0 bridgehead atoms. The lowest BCUT2D eigenvalue weighted by Crippen LogP contribution is -1.99. The first-order chi connectivity index (χ1) is 13.0. The van der Waals surface area contributed by atoms with Gasteiger partial charge in [-0.3, -0.25) is 10.1 Å². The lowest BCUT2D eigenvalue weighted by atomic mass is 10.0. The zero-order chi connectivity index (χ0) is 19.6. The molecule has 2 rings (SSSR count). The average molecular weight is 429 g/mol. The summed E-state index contributed by atoms with van der Waals surface area (Å²) in [7, 11) is 0. The minimum Gasteiger partial charge on any atom is -0.493 e. The van der Waals surface area contributed by atoms with Gasteiger partial charge in [0.25, 0.3) is 5.69 Å². The van der Waals surface area contributed by atoms with Crippen LogP contribution >= 0.6 is 15.9 Å². The number of nitrogens with zero attached hydrogens (tertiary/aromatic N) is 2. The van der Waals surface area contributed by atoms with Crippen LogP contribution in [0, 0.1) is 21.4 Å². The molecule has 0 spiro atoms. The van der Waals surface area contributed by atoms with E-state index in [9.17, 15) is 15.4 Å². The van der Waals surface area contributed by atoms with Crippen molar-refractivity contribution in [1.82, 2.24) is 0 Å². The molecule has 0 unspecified atom stereocenters. The van der Waals surface area contributed by atoms with Crippen molar-refractivity contribution in [3.8, 4) is 11.8 Å². The maximum atomic E-state index is 10.8. The van der Waals surface area contributed by atoms with Crippen molar-refractivity contribution < 1.29 is 9.66 Å². The van der Waals surface area contributed by atoms with E-state index >= 15 is 0 Å². The first-order valence-electron chi connectivity index (χ1n) is 8.84. The van der Waals surface area contributed by atoms with Gasteiger partial charge >= 0.3 is 0 Å². The van der Waals surface area contributed by atoms with Crippen LogP contribution in [-0.2, 0) is 0 Å². The zero-order valence-electron chi connectivity index (χ0n) is 15.2. The third-order valence-corrected chi connectivity index (χ3v) is 4.53. The number of ether oxygens (including phenoxy) is 1. The summed E-state index contributed by atoms with van der Waals surface area (Å²) in [4.78, 5) is 10.3. The fraction of sp³-hybridized carbons (Fsp3) is 0.286. The Bertz CT molecular complexity index is 855. The van der Waals surface area contributed by atoms with E-state index in [-0.39, 0.29) is 5.69 Å². The highest BCUT2D eigenvalue weighted by atomic mass is 79.9. The number of unbranched alkanes of at least 4 members (excludes halogenated alkanes) is 3. The second-order valence-electron chi connectivity index (χ2n) is 6.07. The molecule has 0 fully saturated rings. The monoisotopic (exact) mass is 428 g/mol. The van der Waals surface area contributed by atoms with Crippen LogP contribution in [0.1, 0.15) is 43.7 Å². The molecule has 0 aliphatic heterocycles. The van der Waals surface area contributed by atoms with Crippen molar-refractivity contribution in [3.63, 3.8) is 0 Å². The topological polar surface area (TPSA) is 76.2 Å². The third kappa shape index (κ3) is 6.22. The summed E-state index contributed by atoms with van der Waals surface area (Å²) in [6, 6.07) is 13.8. The maximum absolute atomic E-state index is 10.8. The van der Waals surface area contributed by atoms with Gasteiger partial charge in [-0.15, -0.1) is 0 Å². The molecule has 0 saturated carbocycles. The first-order valence-corrected chi connectivity index (χ1v) is 9.63. The van der Waals surface area contributed by atoms with E-state index in [0.717, 1.165) is 22.9 Å². The summed E-state index contributed by atoms with van der Waals surface area (Å²) >= 11 is 3.45. The Hall–Kier alpha value is -2.65. The summed E-state index contributed by atoms with van der Waals surface area (Å²) in [6.07, 6.45) is 6.22. The van der Waals surface area contributed by atoms with Crippen LogP contribution in [0.2, 0.25) is 0 Å². The number of benzene rings is 2. The average Bonchev–Trinajstić information content (AvgIpc) is 2.67. The number of non-ortho nitro benzene ring substituents is 1. The third-order valence-electron chi connectivity index (χ3n) is 4.04. The summed E-state index contributed by atoms with van der Waals surface area (Å²) in [5.74, 6) is 0.712. The van der Waals surface area contributed by atoms with E-state index in [1.54, 1.807) is 18.2 Å². The number of hydrogen-bond donors (Lipinski definition) is 0. The van der Waals surface area contributed by atoms with E-state index < -0.39 is 4.92 Å². The smallest absolute Gasteiger partial charge is 0.269 e. The molecular formula is C21H21BrN2O3. The van der Waals surface area contributed by atoms with Crippen LogP contribution < -0.4 is 4.74 Å². The predicted octanol–water partition coefficient (Wildman–Crippen LogP) is 6.38. The van der Waals surface area contributed by atoms with Gasteiger partial charge in [-0.05, 0) is 48.4 Å². The summed E-state index contributed by atoms with van der Waals surface area (Å²) in [5, 5.41) is 20.3. The molecule has 27 heavy (non-hydrogen) atoms. The first kappa shape index (κ1) is 20.7. The molecule has 2 aromatic carbocycles. The minimum absolute atomic E-state index is 0.00500. The van der Waals surface area contributed by atoms with E-state index in [0.29, 0.717) is 23.5 Å². The van der Waals surface area contributed by atoms with E-state index in [1.165, 1.54) is 25.0 Å². The number of rotatable bonds is 9. The van der Waals surface area contributed by atoms with Crippen LogP contribution in [-0.4, -0.2) is 11.5 Å². The highest BCUT2D eigenvalue weighted by Gasteiger charge is 2.09. The molecule has 0 atom stereocenters. The van der Waals surface area contributed by atoms with Crippen LogP contribution in [0.3, 0.4) is 0 Å². The molecule has 0 radical (unpaired) electrons. The van der Waals surface area contributed by atoms with Crippen molar-refractivity contribution in [2.75, 3.05) is 6.61 Å². The molecule has 140 valence electrons. The number of nitro benzene ring substituents is 1. The molecular weight excluding hydrogens is 408 g/mol. The lowest BCUT2D eigenvalue weighted by Gasteiger charge is -2.10. The fourth-order valence-corrected chi connectivity index (χ4v) is 2.95. The van der Waals surface area contributed by atoms with Crippen molar-refractivity contribution in [3.05, 3.63) is 68.2 Å². The molecule has 0 aromatic heterocycles. The molecule has 0 N–H and O–H groups in total. The van der Waals surface area contributed by atoms with Crippen LogP contribution in [0.4, 0.5) is 5.69 Å². The Labute approximate surface area is 167 Å². The predicted molar refractivity (Wildman–Crippen MR) is 110 cm³/mol. The van der Waals surface area contributed by atoms with Crippen molar-refractivity contribution >= 4 is 33.3 Å². The van der Waals surface area contributed by atoms with Crippen molar-refractivity contribution in [2.24, 2.45) is 0 Å². The zero-order valence-corrected chi connectivity index (χ0v) is 16.7. The second kappa shape index (κ2) is 10.5. The molecule has 0 heterocycles. The normalized spacial score (nSPS) is 11.1. The van der Waals surface area contributed by atoms with Gasteiger partial charge in [0.2, 0.25) is 0 Å². The van der Waals surface area contributed by atoms with E-state index in [4.69, 9.17) is 4.74 Å². The maximum Gasteiger partial charge on any atom is 0.269 e. The Morgan fingerprint density at radius 1 is 1.22 bits per heavy atom. The highest BCUT2D eigenvalue weighted by molar-refractivity contribution is 9.10. The minimum atomic E-state index is -0.460. The number of nitro groups is 1. The molecule has 0 aliphatic carbocycles. The Morgan fingerprint density at radius 3 is 2.59 bits per heavy atom. The van der Waals surface area contributed by atoms with Crippen LogP contribution in [0.5, 0.6) is 5.75 Å². The SMILES string of the molecule is CCCCCCOc1ccc(Br)cc1/C=C(\C#N)c1ccc([N+](=O)[O-])cc1. The van der Waals surface area contributed by atoms with Gasteiger partial charge in [-0.1, -0.05) is 42.1 Å². The van der Waals surface area contributed by atoms with Crippen LogP contribution in [0.25, 0.3) is 11.6 Å². The van der Waals surface area contributed by atoms with Crippen molar-refractivity contribution in [2.45, 2.75) is 32.6 Å². The van der Waals surface area contributed by atoms with Gasteiger partial charge in [0.05, 0.1) is 23.2 Å². The Kier molecular flexibility index (Phi) is 8.02. The van der Waals surface area contributed by atoms with Gasteiger partial charge < -0.3 is 4.74 Å².